The number of halogens is 2. The van der Waals surface area contributed by atoms with Crippen LogP contribution in [0.1, 0.15) is 25.3 Å². The summed E-state index contributed by atoms with van der Waals surface area (Å²) in [5.74, 6) is -2.87. The van der Waals surface area contributed by atoms with Gasteiger partial charge in [0.1, 0.15) is 0 Å². The topological polar surface area (TPSA) is 150 Å². The van der Waals surface area contributed by atoms with Crippen molar-refractivity contribution >= 4 is 42.4 Å². The van der Waals surface area contributed by atoms with Crippen molar-refractivity contribution < 1.29 is 29.8 Å². The van der Waals surface area contributed by atoms with E-state index in [1.807, 2.05) is 0 Å². The molecule has 11 heteroatoms. The van der Waals surface area contributed by atoms with E-state index in [1.54, 1.807) is 19.9 Å². The zero-order chi connectivity index (χ0) is 18.0. The number of dihydropyridines is 1. The van der Waals surface area contributed by atoms with Crippen LogP contribution in [0.3, 0.4) is 0 Å². The number of carboxylic acids is 1. The van der Waals surface area contributed by atoms with Gasteiger partial charge in [-0.25, -0.2) is 9.59 Å². The molecule has 0 amide bonds. The zero-order valence-corrected chi connectivity index (χ0v) is 16.3. The second-order valence-electron chi connectivity index (χ2n) is 5.28. The van der Waals surface area contributed by atoms with Gasteiger partial charge in [-0.1, -0.05) is 12.1 Å². The van der Waals surface area contributed by atoms with Gasteiger partial charge < -0.3 is 20.6 Å². The number of nitrogens with zero attached hydrogens (tertiary/aromatic N) is 1. The first-order valence-electron chi connectivity index (χ1n) is 7.02. The Kier molecular flexibility index (Phi) is 10.4. The van der Waals surface area contributed by atoms with E-state index in [1.165, 1.54) is 25.3 Å². The number of non-ortho nitro benzene ring substituents is 1. The molecule has 1 aromatic rings. The molecular weight excluding hydrogens is 403 g/mol. The van der Waals surface area contributed by atoms with Crippen LogP contribution in [-0.2, 0) is 14.3 Å². The summed E-state index contributed by atoms with van der Waals surface area (Å²) < 4.78 is 4.77. The van der Waals surface area contributed by atoms with Crippen LogP contribution in [-0.4, -0.2) is 34.6 Å². The predicted octanol–water partition coefficient (Wildman–Crippen LogP) is 2.11. The quantitative estimate of drug-likeness (QED) is 0.428. The molecule has 1 aromatic carbocycles. The highest BCUT2D eigenvalue weighted by molar-refractivity contribution is 5.99. The highest BCUT2D eigenvalue weighted by atomic mass is 35.5. The molecule has 4 N–H and O–H groups in total. The number of nitro groups is 1. The lowest BCUT2D eigenvalue weighted by Crippen LogP contribution is -2.31. The molecule has 0 saturated heterocycles. The summed E-state index contributed by atoms with van der Waals surface area (Å²) in [5, 5.41) is 23.4. The van der Waals surface area contributed by atoms with Gasteiger partial charge in [-0.2, -0.15) is 0 Å². The molecule has 150 valence electrons. The Labute approximate surface area is 167 Å². The lowest BCUT2D eigenvalue weighted by Gasteiger charge is -2.29. The Morgan fingerprint density at radius 2 is 1.74 bits per heavy atom. The fraction of sp³-hybridized carbons (Fsp3) is 0.250. The minimum atomic E-state index is -1.22. The van der Waals surface area contributed by atoms with E-state index in [4.69, 9.17) is 4.74 Å². The van der Waals surface area contributed by atoms with Gasteiger partial charge >= 0.3 is 11.9 Å². The Hall–Kier alpha value is -2.62. The van der Waals surface area contributed by atoms with Crippen molar-refractivity contribution in [2.24, 2.45) is 0 Å². The lowest BCUT2D eigenvalue weighted by molar-refractivity contribution is -0.384. The number of carboxylic acid groups (broad SMARTS) is 1. The molecule has 0 radical (unpaired) electrons. The number of nitro benzene ring substituents is 1. The van der Waals surface area contributed by atoms with Crippen molar-refractivity contribution in [1.82, 2.24) is 5.32 Å². The van der Waals surface area contributed by atoms with E-state index in [-0.39, 0.29) is 47.1 Å². The largest absolute Gasteiger partial charge is 0.478 e. The predicted molar refractivity (Wildman–Crippen MR) is 102 cm³/mol. The number of methoxy groups -OCH3 is 1. The third-order valence-corrected chi connectivity index (χ3v) is 3.81. The molecule has 0 bridgehead atoms. The van der Waals surface area contributed by atoms with Crippen LogP contribution in [0.4, 0.5) is 5.69 Å². The summed E-state index contributed by atoms with van der Waals surface area (Å²) in [4.78, 5) is 34.3. The molecule has 0 aliphatic carbocycles. The van der Waals surface area contributed by atoms with Gasteiger partial charge in [0.15, 0.2) is 0 Å². The molecule has 9 nitrogen and oxygen atoms in total. The van der Waals surface area contributed by atoms with Crippen molar-refractivity contribution in [3.63, 3.8) is 0 Å². The second-order valence-corrected chi connectivity index (χ2v) is 5.28. The van der Waals surface area contributed by atoms with Gasteiger partial charge in [0.05, 0.1) is 29.1 Å². The van der Waals surface area contributed by atoms with E-state index >= 15 is 0 Å². The highest BCUT2D eigenvalue weighted by Gasteiger charge is 2.37. The molecule has 1 aliphatic rings. The molecule has 1 aliphatic heterocycles. The maximum absolute atomic E-state index is 12.2. The van der Waals surface area contributed by atoms with Crippen molar-refractivity contribution in [2.45, 2.75) is 19.8 Å². The summed E-state index contributed by atoms with van der Waals surface area (Å²) in [6.45, 7) is 3.20. The Morgan fingerprint density at radius 3 is 2.22 bits per heavy atom. The van der Waals surface area contributed by atoms with Crippen LogP contribution in [0, 0.1) is 10.1 Å². The summed E-state index contributed by atoms with van der Waals surface area (Å²) in [7, 11) is 1.19. The lowest BCUT2D eigenvalue weighted by atomic mass is 9.80. The normalized spacial score (nSPS) is 15.4. The zero-order valence-electron chi connectivity index (χ0n) is 14.6. The average molecular weight is 423 g/mol. The van der Waals surface area contributed by atoms with Crippen LogP contribution in [0.25, 0.3) is 0 Å². The van der Waals surface area contributed by atoms with Gasteiger partial charge in [0.25, 0.3) is 5.69 Å². The Balaban J connectivity index is 0. The van der Waals surface area contributed by atoms with E-state index in [2.05, 4.69) is 5.32 Å². The molecule has 1 unspecified atom stereocenters. The van der Waals surface area contributed by atoms with Gasteiger partial charge in [0, 0.05) is 23.5 Å². The van der Waals surface area contributed by atoms with Gasteiger partial charge in [0.2, 0.25) is 0 Å². The summed E-state index contributed by atoms with van der Waals surface area (Å²) >= 11 is 0. The maximum atomic E-state index is 12.2. The van der Waals surface area contributed by atoms with E-state index in [9.17, 15) is 24.8 Å². The molecule has 1 heterocycles. The van der Waals surface area contributed by atoms with Crippen LogP contribution in [0.15, 0.2) is 46.8 Å². The smallest absolute Gasteiger partial charge is 0.336 e. The standard InChI is InChI=1S/C16H16N2O6.2ClH.H2O/c1-8-12(15(19)20)14(13(9(2)17-8)16(21)24-3)10-5-4-6-11(7-10)18(22)23;;;/h4-7,14,17H,1-3H3,(H,19,20);2*1H;1H2. The number of esters is 1. The minimum Gasteiger partial charge on any atom is -0.478 e. The Morgan fingerprint density at radius 1 is 1.19 bits per heavy atom. The monoisotopic (exact) mass is 422 g/mol. The summed E-state index contributed by atoms with van der Waals surface area (Å²) in [6.07, 6.45) is 0. The summed E-state index contributed by atoms with van der Waals surface area (Å²) in [5.41, 5.74) is 1.02. The Bertz CT molecular complexity index is 806. The number of hydrogen-bond acceptors (Lipinski definition) is 6. The van der Waals surface area contributed by atoms with E-state index in [0.717, 1.165) is 0 Å². The number of aliphatic carboxylic acids is 1. The van der Waals surface area contributed by atoms with Crippen molar-refractivity contribution in [3.8, 4) is 0 Å². The number of carbonyl (C=O) groups excluding carboxylic acids is 1. The molecule has 27 heavy (non-hydrogen) atoms. The third kappa shape index (κ3) is 5.19. The number of benzene rings is 1. The van der Waals surface area contributed by atoms with Crippen molar-refractivity contribution in [3.05, 3.63) is 62.5 Å². The molecule has 0 aromatic heterocycles. The average Bonchev–Trinajstić information content (AvgIpc) is 2.53. The van der Waals surface area contributed by atoms with Crippen LogP contribution in [0.5, 0.6) is 0 Å². The second kappa shape index (κ2) is 10.5. The van der Waals surface area contributed by atoms with Crippen LogP contribution < -0.4 is 5.32 Å². The fourth-order valence-electron chi connectivity index (χ4n) is 2.81. The highest BCUT2D eigenvalue weighted by Crippen LogP contribution is 2.39. The van der Waals surface area contributed by atoms with Gasteiger partial charge in [-0.15, -0.1) is 24.8 Å². The summed E-state index contributed by atoms with van der Waals surface area (Å²) in [6, 6.07) is 5.57. The number of ether oxygens (including phenoxy) is 1. The molecule has 0 saturated carbocycles. The number of rotatable bonds is 4. The molecule has 2 rings (SSSR count). The van der Waals surface area contributed by atoms with Gasteiger partial charge in [-0.3, -0.25) is 10.1 Å². The van der Waals surface area contributed by atoms with E-state index < -0.39 is 22.8 Å². The number of carbonyl (C=O) groups is 2. The SMILES string of the molecule is COC(=O)C1=C(C)NC(C)=C(C(=O)O)C1c1cccc([N+](=O)[O-])c1.Cl.Cl.O. The molecule has 1 atom stereocenters. The van der Waals surface area contributed by atoms with Crippen molar-refractivity contribution in [1.29, 1.82) is 0 Å². The molecule has 0 spiro atoms. The first-order chi connectivity index (χ1) is 11.3. The molecule has 0 fully saturated rings. The van der Waals surface area contributed by atoms with Crippen LogP contribution in [0.2, 0.25) is 0 Å². The van der Waals surface area contributed by atoms with E-state index in [0.29, 0.717) is 17.0 Å². The first-order valence-corrected chi connectivity index (χ1v) is 7.02. The first kappa shape index (κ1) is 26.6. The van der Waals surface area contributed by atoms with Gasteiger partial charge in [-0.05, 0) is 19.4 Å². The third-order valence-electron chi connectivity index (χ3n) is 3.81. The van der Waals surface area contributed by atoms with Crippen LogP contribution >= 0.6 is 24.8 Å². The number of hydrogen-bond donors (Lipinski definition) is 2. The fourth-order valence-corrected chi connectivity index (χ4v) is 2.81. The maximum Gasteiger partial charge on any atom is 0.336 e. The minimum absolute atomic E-state index is 0. The number of allylic oxidation sites excluding steroid dienone is 2. The molecular formula is C16H20Cl2N2O7. The number of nitrogens with one attached hydrogen (secondary N) is 1. The van der Waals surface area contributed by atoms with Crippen molar-refractivity contribution in [2.75, 3.05) is 7.11 Å².